The zero-order valence-corrected chi connectivity index (χ0v) is 19.2. The Bertz CT molecular complexity index is 692. The lowest BCUT2D eigenvalue weighted by atomic mass is 9.92. The molecule has 1 aromatic carbocycles. The van der Waals surface area contributed by atoms with Gasteiger partial charge in [0.2, 0.25) is 0 Å². The molecule has 2 rings (SSSR count). The summed E-state index contributed by atoms with van der Waals surface area (Å²) in [6, 6.07) is 7.56. The van der Waals surface area contributed by atoms with E-state index in [9.17, 15) is 15.0 Å². The molecule has 1 fully saturated rings. The molecular weight excluding hydrogens is 416 g/mol. The van der Waals surface area contributed by atoms with Gasteiger partial charge >= 0.3 is 5.97 Å². The molecule has 1 aliphatic rings. The first-order valence-corrected chi connectivity index (χ1v) is 12.0. The Balaban J connectivity index is 1.87. The maximum absolute atomic E-state index is 10.6. The molecule has 0 heterocycles. The molecule has 1 saturated carbocycles. The van der Waals surface area contributed by atoms with Crippen LogP contribution in [-0.2, 0) is 4.79 Å². The van der Waals surface area contributed by atoms with Crippen molar-refractivity contribution in [2.45, 2.75) is 82.3 Å². The normalized spacial score (nSPS) is 24.5. The summed E-state index contributed by atoms with van der Waals surface area (Å²) in [5.74, 6) is -0.0392. The van der Waals surface area contributed by atoms with Crippen LogP contribution in [-0.4, -0.2) is 39.4 Å². The monoisotopic (exact) mass is 452 g/mol. The van der Waals surface area contributed by atoms with E-state index in [1.54, 1.807) is 0 Å². The Morgan fingerprint density at radius 3 is 2.81 bits per heavy atom. The molecule has 31 heavy (non-hydrogen) atoms. The van der Waals surface area contributed by atoms with Gasteiger partial charge in [-0.05, 0) is 55.7 Å². The highest BCUT2D eigenvalue weighted by atomic mass is 35.5. The molecule has 0 aliphatic heterocycles. The Morgan fingerprint density at radius 2 is 2.06 bits per heavy atom. The number of aliphatic hydroxyl groups is 2. The lowest BCUT2D eigenvalue weighted by molar-refractivity contribution is -0.137. The standard InChI is InChI=1S/C25H37ClO5/c1-2-3-6-13-23(27)18-10-9-11-19(15-18)31-17-21-20(22(26)16-24(21)28)12-7-4-5-8-14-25(29)30/h4,7,9-11,15,20-24,27-28H,2-3,5-6,8,12-14,16-17H2,1H3,(H,29,30)/b7-4-/t20-,21-,22-,23?,24-/m1/s1. The van der Waals surface area contributed by atoms with Gasteiger partial charge in [-0.15, -0.1) is 11.6 Å². The molecule has 1 unspecified atom stereocenters. The van der Waals surface area contributed by atoms with E-state index in [-0.39, 0.29) is 23.6 Å². The minimum Gasteiger partial charge on any atom is -0.493 e. The van der Waals surface area contributed by atoms with Gasteiger partial charge in [0, 0.05) is 17.7 Å². The second kappa shape index (κ2) is 13.8. The van der Waals surface area contributed by atoms with E-state index in [4.69, 9.17) is 21.4 Å². The van der Waals surface area contributed by atoms with Gasteiger partial charge in [0.05, 0.1) is 18.8 Å². The zero-order valence-electron chi connectivity index (χ0n) is 18.5. The highest BCUT2D eigenvalue weighted by Crippen LogP contribution is 2.39. The lowest BCUT2D eigenvalue weighted by Crippen LogP contribution is -2.27. The van der Waals surface area contributed by atoms with E-state index in [0.29, 0.717) is 25.2 Å². The summed E-state index contributed by atoms with van der Waals surface area (Å²) < 4.78 is 6.01. The minimum atomic E-state index is -0.775. The summed E-state index contributed by atoms with van der Waals surface area (Å²) in [4.78, 5) is 10.6. The molecule has 3 N–H and O–H groups in total. The van der Waals surface area contributed by atoms with Gasteiger partial charge in [-0.1, -0.05) is 50.5 Å². The molecule has 6 heteroatoms. The Morgan fingerprint density at radius 1 is 1.26 bits per heavy atom. The van der Waals surface area contributed by atoms with Crippen molar-refractivity contribution in [3.05, 3.63) is 42.0 Å². The molecule has 0 spiro atoms. The number of benzene rings is 1. The second-order valence-electron chi connectivity index (χ2n) is 8.53. The first kappa shape index (κ1) is 25.7. The summed E-state index contributed by atoms with van der Waals surface area (Å²) in [5, 5.41) is 29.5. The number of carboxylic acid groups (broad SMARTS) is 1. The maximum Gasteiger partial charge on any atom is 0.303 e. The fourth-order valence-electron chi connectivity index (χ4n) is 4.19. The zero-order chi connectivity index (χ0) is 22.6. The number of aliphatic carboxylic acids is 1. The number of allylic oxidation sites excluding steroid dienone is 2. The van der Waals surface area contributed by atoms with Crippen molar-refractivity contribution in [1.82, 2.24) is 0 Å². The summed E-state index contributed by atoms with van der Waals surface area (Å²) in [6.07, 6.45) is 9.83. The van der Waals surface area contributed by atoms with E-state index in [1.165, 1.54) is 0 Å². The molecule has 0 radical (unpaired) electrons. The van der Waals surface area contributed by atoms with Crippen LogP contribution in [0.4, 0.5) is 0 Å². The molecule has 5 atom stereocenters. The molecule has 1 aliphatic carbocycles. The molecule has 0 bridgehead atoms. The van der Waals surface area contributed by atoms with Gasteiger partial charge in [-0.25, -0.2) is 0 Å². The van der Waals surface area contributed by atoms with Crippen molar-refractivity contribution in [3.8, 4) is 5.75 Å². The fraction of sp³-hybridized carbons (Fsp3) is 0.640. The topological polar surface area (TPSA) is 87.0 Å². The summed E-state index contributed by atoms with van der Waals surface area (Å²) in [6.45, 7) is 2.52. The number of hydrogen-bond acceptors (Lipinski definition) is 4. The minimum absolute atomic E-state index is 0.0655. The van der Waals surface area contributed by atoms with Gasteiger partial charge in [0.25, 0.3) is 0 Å². The van der Waals surface area contributed by atoms with Crippen LogP contribution in [0.1, 0.15) is 76.4 Å². The van der Waals surface area contributed by atoms with E-state index in [2.05, 4.69) is 6.92 Å². The first-order chi connectivity index (χ1) is 14.9. The fourth-order valence-corrected chi connectivity index (χ4v) is 4.66. The van der Waals surface area contributed by atoms with Crippen LogP contribution in [0.25, 0.3) is 0 Å². The number of unbranched alkanes of at least 4 members (excludes halogenated alkanes) is 3. The molecule has 5 nitrogen and oxygen atoms in total. The number of ether oxygens (including phenoxy) is 1. The number of hydrogen-bond donors (Lipinski definition) is 3. The van der Waals surface area contributed by atoms with Crippen LogP contribution in [0.5, 0.6) is 5.75 Å². The van der Waals surface area contributed by atoms with Crippen LogP contribution >= 0.6 is 11.6 Å². The van der Waals surface area contributed by atoms with Crippen LogP contribution in [0, 0.1) is 11.8 Å². The Hall–Kier alpha value is -1.56. The molecule has 0 aromatic heterocycles. The van der Waals surface area contributed by atoms with Gasteiger partial charge in [0.1, 0.15) is 5.75 Å². The number of rotatable bonds is 14. The molecule has 0 saturated heterocycles. The third-order valence-electron chi connectivity index (χ3n) is 6.08. The number of aliphatic hydroxyl groups excluding tert-OH is 2. The van der Waals surface area contributed by atoms with Crippen LogP contribution in [0.3, 0.4) is 0 Å². The van der Waals surface area contributed by atoms with Crippen molar-refractivity contribution in [1.29, 1.82) is 0 Å². The summed E-state index contributed by atoms with van der Waals surface area (Å²) in [7, 11) is 0. The Kier molecular flexibility index (Phi) is 11.4. The SMILES string of the molecule is CCCCCC(O)c1cccc(OC[C@@H]2[C@@H](C/C=C\CCCC(=O)O)[C@H](Cl)C[C@H]2O)c1. The third kappa shape index (κ3) is 8.83. The van der Waals surface area contributed by atoms with Gasteiger partial charge in [0.15, 0.2) is 0 Å². The molecule has 1 aromatic rings. The number of halogens is 1. The predicted octanol–water partition coefficient (Wildman–Crippen LogP) is 5.48. The number of carboxylic acids is 1. The van der Waals surface area contributed by atoms with E-state index >= 15 is 0 Å². The van der Waals surface area contributed by atoms with Crippen LogP contribution in [0.15, 0.2) is 36.4 Å². The molecular formula is C25H37ClO5. The average molecular weight is 453 g/mol. The third-order valence-corrected chi connectivity index (χ3v) is 6.58. The van der Waals surface area contributed by atoms with Gasteiger partial charge in [-0.3, -0.25) is 4.79 Å². The van der Waals surface area contributed by atoms with Crippen molar-refractivity contribution < 1.29 is 24.9 Å². The Labute approximate surface area is 191 Å². The van der Waals surface area contributed by atoms with E-state index in [0.717, 1.165) is 44.1 Å². The average Bonchev–Trinajstić information content (AvgIpc) is 3.01. The number of carbonyl (C=O) groups is 1. The van der Waals surface area contributed by atoms with E-state index < -0.39 is 18.2 Å². The van der Waals surface area contributed by atoms with Crippen molar-refractivity contribution in [2.24, 2.45) is 11.8 Å². The molecule has 174 valence electrons. The van der Waals surface area contributed by atoms with E-state index in [1.807, 2.05) is 36.4 Å². The summed E-state index contributed by atoms with van der Waals surface area (Å²) in [5.41, 5.74) is 0.858. The van der Waals surface area contributed by atoms with Crippen molar-refractivity contribution >= 4 is 17.6 Å². The quantitative estimate of drug-likeness (QED) is 0.197. The van der Waals surface area contributed by atoms with Crippen molar-refractivity contribution in [2.75, 3.05) is 6.61 Å². The lowest BCUT2D eigenvalue weighted by Gasteiger charge is -2.23. The van der Waals surface area contributed by atoms with Gasteiger partial charge in [-0.2, -0.15) is 0 Å². The van der Waals surface area contributed by atoms with Gasteiger partial charge < -0.3 is 20.1 Å². The number of alkyl halides is 1. The van der Waals surface area contributed by atoms with Crippen LogP contribution < -0.4 is 4.74 Å². The highest BCUT2D eigenvalue weighted by molar-refractivity contribution is 6.21. The predicted molar refractivity (Wildman–Crippen MR) is 124 cm³/mol. The first-order valence-electron chi connectivity index (χ1n) is 11.5. The highest BCUT2D eigenvalue weighted by Gasteiger charge is 2.41. The maximum atomic E-state index is 10.6. The summed E-state index contributed by atoms with van der Waals surface area (Å²) >= 11 is 6.50. The van der Waals surface area contributed by atoms with Crippen LogP contribution in [0.2, 0.25) is 0 Å². The smallest absolute Gasteiger partial charge is 0.303 e. The van der Waals surface area contributed by atoms with Crippen molar-refractivity contribution in [3.63, 3.8) is 0 Å². The molecule has 0 amide bonds. The largest absolute Gasteiger partial charge is 0.493 e. The second-order valence-corrected chi connectivity index (χ2v) is 9.10.